The third-order valence-electron chi connectivity index (χ3n) is 4.61. The average Bonchev–Trinajstić information content (AvgIpc) is 3.17. The average molecular weight is 332 g/mol. The molecule has 7 heteroatoms. The Balaban J connectivity index is 1.63. The molecule has 3 atom stereocenters. The van der Waals surface area contributed by atoms with Crippen molar-refractivity contribution in [1.29, 1.82) is 0 Å². The van der Waals surface area contributed by atoms with E-state index in [9.17, 15) is 13.2 Å². The second-order valence-electron chi connectivity index (χ2n) is 6.04. The van der Waals surface area contributed by atoms with E-state index >= 15 is 0 Å². The van der Waals surface area contributed by atoms with E-state index < -0.39 is 15.9 Å². The first-order valence-electron chi connectivity index (χ1n) is 7.59. The standard InChI is InChI=1S/C16H16N2O4S/c19-16(13-8-11-4-5-14(13)22-11)18-23(20,21)15-3-1-2-10-9-17-7-6-12(10)15/h1-3,6-7,9,11,13-14H,4-5,8H2,(H,18,19)/t11-,13+,14-/m1/s1. The highest BCUT2D eigenvalue weighted by atomic mass is 32.2. The minimum Gasteiger partial charge on any atom is -0.374 e. The first kappa shape index (κ1) is 14.6. The van der Waals surface area contributed by atoms with Gasteiger partial charge in [-0.2, -0.15) is 0 Å². The van der Waals surface area contributed by atoms with Crippen LogP contribution in [0.25, 0.3) is 10.8 Å². The summed E-state index contributed by atoms with van der Waals surface area (Å²) >= 11 is 0. The van der Waals surface area contributed by atoms with Crippen LogP contribution in [0.1, 0.15) is 19.3 Å². The second-order valence-corrected chi connectivity index (χ2v) is 7.69. The molecule has 1 aromatic heterocycles. The quantitative estimate of drug-likeness (QED) is 0.923. The van der Waals surface area contributed by atoms with E-state index in [-0.39, 0.29) is 23.0 Å². The largest absolute Gasteiger partial charge is 0.374 e. The number of amides is 1. The number of aromatic nitrogens is 1. The molecule has 6 nitrogen and oxygen atoms in total. The number of hydrogen-bond acceptors (Lipinski definition) is 5. The summed E-state index contributed by atoms with van der Waals surface area (Å²) in [6.07, 6.45) is 5.47. The van der Waals surface area contributed by atoms with Crippen LogP contribution in [0.15, 0.2) is 41.6 Å². The number of benzene rings is 1. The maximum absolute atomic E-state index is 12.6. The molecule has 0 aliphatic carbocycles. The number of rotatable bonds is 3. The Morgan fingerprint density at radius 2 is 2.13 bits per heavy atom. The summed E-state index contributed by atoms with van der Waals surface area (Å²) in [6, 6.07) is 6.56. The number of nitrogens with one attached hydrogen (secondary N) is 1. The van der Waals surface area contributed by atoms with Crippen molar-refractivity contribution in [2.45, 2.75) is 36.4 Å². The van der Waals surface area contributed by atoms with Crippen LogP contribution in [0.5, 0.6) is 0 Å². The molecule has 3 heterocycles. The number of sulfonamides is 1. The predicted octanol–water partition coefficient (Wildman–Crippen LogP) is 1.61. The monoisotopic (exact) mass is 332 g/mol. The molecule has 2 aliphatic rings. The van der Waals surface area contributed by atoms with Gasteiger partial charge in [0.05, 0.1) is 23.0 Å². The molecule has 120 valence electrons. The highest BCUT2D eigenvalue weighted by molar-refractivity contribution is 7.90. The normalized spacial score (nSPS) is 26.5. The van der Waals surface area contributed by atoms with Crippen LogP contribution in [-0.4, -0.2) is 31.5 Å². The van der Waals surface area contributed by atoms with E-state index in [1.54, 1.807) is 24.4 Å². The zero-order valence-electron chi connectivity index (χ0n) is 12.3. The van der Waals surface area contributed by atoms with Crippen LogP contribution in [0.2, 0.25) is 0 Å². The molecule has 0 unspecified atom stereocenters. The van der Waals surface area contributed by atoms with Crippen molar-refractivity contribution in [3.05, 3.63) is 36.7 Å². The summed E-state index contributed by atoms with van der Waals surface area (Å²) < 4.78 is 33.1. The Kier molecular flexibility index (Phi) is 3.35. The lowest BCUT2D eigenvalue weighted by molar-refractivity contribution is -0.124. The minimum absolute atomic E-state index is 0.0924. The number of nitrogens with zero attached hydrogens (tertiary/aromatic N) is 1. The second kappa shape index (κ2) is 5.28. The first-order valence-corrected chi connectivity index (χ1v) is 9.08. The first-order chi connectivity index (χ1) is 11.0. The lowest BCUT2D eigenvalue weighted by Gasteiger charge is -2.18. The van der Waals surface area contributed by atoms with Gasteiger partial charge in [0.2, 0.25) is 5.91 Å². The van der Waals surface area contributed by atoms with Gasteiger partial charge < -0.3 is 4.74 Å². The fraction of sp³-hybridized carbons (Fsp3) is 0.375. The molecule has 2 fully saturated rings. The van der Waals surface area contributed by atoms with E-state index in [1.807, 2.05) is 0 Å². The number of carbonyl (C=O) groups excluding carboxylic acids is 1. The van der Waals surface area contributed by atoms with Gasteiger partial charge in [-0.15, -0.1) is 0 Å². The van der Waals surface area contributed by atoms with Crippen LogP contribution in [0.3, 0.4) is 0 Å². The molecule has 23 heavy (non-hydrogen) atoms. The molecule has 1 aromatic carbocycles. The maximum atomic E-state index is 12.6. The molecule has 0 saturated carbocycles. The molecular weight excluding hydrogens is 316 g/mol. The highest BCUT2D eigenvalue weighted by Gasteiger charge is 2.45. The van der Waals surface area contributed by atoms with Gasteiger partial charge in [-0.05, 0) is 31.4 Å². The number of carbonyl (C=O) groups is 1. The smallest absolute Gasteiger partial charge is 0.264 e. The summed E-state index contributed by atoms with van der Waals surface area (Å²) in [5.41, 5.74) is 0. The summed E-state index contributed by atoms with van der Waals surface area (Å²) in [7, 11) is -3.92. The fourth-order valence-electron chi connectivity index (χ4n) is 3.50. The third-order valence-corrected chi connectivity index (χ3v) is 6.01. The molecule has 2 bridgehead atoms. The number of pyridine rings is 1. The Labute approximate surface area is 133 Å². The van der Waals surface area contributed by atoms with E-state index in [1.165, 1.54) is 12.3 Å². The molecule has 2 aliphatic heterocycles. The van der Waals surface area contributed by atoms with Gasteiger partial charge in [0.25, 0.3) is 10.0 Å². The zero-order chi connectivity index (χ0) is 16.0. The van der Waals surface area contributed by atoms with Crippen molar-refractivity contribution in [1.82, 2.24) is 9.71 Å². The van der Waals surface area contributed by atoms with Crippen molar-refractivity contribution in [2.75, 3.05) is 0 Å². The van der Waals surface area contributed by atoms with Gasteiger partial charge >= 0.3 is 0 Å². The summed E-state index contributed by atoms with van der Waals surface area (Å²) in [5.74, 6) is -0.844. The topological polar surface area (TPSA) is 85.4 Å². The van der Waals surface area contributed by atoms with Crippen LogP contribution in [0.4, 0.5) is 0 Å². The number of ether oxygens (including phenoxy) is 1. The van der Waals surface area contributed by atoms with Gasteiger partial charge in [0, 0.05) is 23.2 Å². The van der Waals surface area contributed by atoms with Crippen molar-refractivity contribution >= 4 is 26.7 Å². The molecule has 2 aromatic rings. The Bertz CT molecular complexity index is 875. The van der Waals surface area contributed by atoms with E-state index in [0.29, 0.717) is 17.2 Å². The Morgan fingerprint density at radius 1 is 1.26 bits per heavy atom. The molecule has 1 amide bonds. The SMILES string of the molecule is O=C(NS(=O)(=O)c1cccc2cnccc12)[C@H]1C[C@H]2CC[C@H]1O2. The summed E-state index contributed by atoms with van der Waals surface area (Å²) in [5, 5.41) is 1.26. The van der Waals surface area contributed by atoms with Crippen molar-refractivity contribution < 1.29 is 17.9 Å². The van der Waals surface area contributed by atoms with Gasteiger partial charge in [0.15, 0.2) is 0 Å². The number of hydrogen-bond donors (Lipinski definition) is 1. The highest BCUT2D eigenvalue weighted by Crippen LogP contribution is 2.39. The minimum atomic E-state index is -3.92. The van der Waals surface area contributed by atoms with Crippen LogP contribution >= 0.6 is 0 Å². The van der Waals surface area contributed by atoms with Crippen LogP contribution in [-0.2, 0) is 19.6 Å². The van der Waals surface area contributed by atoms with E-state index in [0.717, 1.165) is 12.8 Å². The van der Waals surface area contributed by atoms with Gasteiger partial charge in [-0.25, -0.2) is 13.1 Å². The van der Waals surface area contributed by atoms with Crippen LogP contribution < -0.4 is 4.72 Å². The molecule has 0 radical (unpaired) electrons. The lowest BCUT2D eigenvalue weighted by Crippen LogP contribution is -2.39. The van der Waals surface area contributed by atoms with Gasteiger partial charge in [-0.1, -0.05) is 12.1 Å². The summed E-state index contributed by atoms with van der Waals surface area (Å²) in [6.45, 7) is 0. The van der Waals surface area contributed by atoms with E-state index in [2.05, 4.69) is 9.71 Å². The third kappa shape index (κ3) is 2.49. The maximum Gasteiger partial charge on any atom is 0.264 e. The molecule has 4 rings (SSSR count). The van der Waals surface area contributed by atoms with E-state index in [4.69, 9.17) is 4.74 Å². The predicted molar refractivity (Wildman–Crippen MR) is 83.1 cm³/mol. The molecule has 0 spiro atoms. The lowest BCUT2D eigenvalue weighted by atomic mass is 9.89. The zero-order valence-corrected chi connectivity index (χ0v) is 13.1. The van der Waals surface area contributed by atoms with Crippen molar-refractivity contribution in [2.24, 2.45) is 5.92 Å². The molecular formula is C16H16N2O4S. The molecule has 2 saturated heterocycles. The van der Waals surface area contributed by atoms with Crippen LogP contribution in [0, 0.1) is 5.92 Å². The number of fused-ring (bicyclic) bond motifs is 3. The van der Waals surface area contributed by atoms with Crippen molar-refractivity contribution in [3.8, 4) is 0 Å². The molecule has 1 N–H and O–H groups in total. The van der Waals surface area contributed by atoms with Gasteiger partial charge in [-0.3, -0.25) is 9.78 Å². The Hall–Kier alpha value is -1.99. The van der Waals surface area contributed by atoms with Crippen molar-refractivity contribution in [3.63, 3.8) is 0 Å². The Morgan fingerprint density at radius 3 is 2.87 bits per heavy atom. The fourth-order valence-corrected chi connectivity index (χ4v) is 4.76. The summed E-state index contributed by atoms with van der Waals surface area (Å²) in [4.78, 5) is 16.5. The van der Waals surface area contributed by atoms with Gasteiger partial charge in [0.1, 0.15) is 0 Å².